The molecule has 1 aromatic carbocycles. The summed E-state index contributed by atoms with van der Waals surface area (Å²) in [4.78, 5) is 23.4. The second-order valence-electron chi connectivity index (χ2n) is 5.41. The maximum atomic E-state index is 12.2. The van der Waals surface area contributed by atoms with E-state index in [2.05, 4.69) is 5.32 Å². The fourth-order valence-corrected chi connectivity index (χ4v) is 2.12. The lowest BCUT2D eigenvalue weighted by Crippen LogP contribution is -2.41. The number of amides is 1. The van der Waals surface area contributed by atoms with Gasteiger partial charge in [0.25, 0.3) is 5.91 Å². The molecule has 1 amide bonds. The fourth-order valence-electron chi connectivity index (χ4n) is 2.12. The molecule has 0 radical (unpaired) electrons. The highest BCUT2D eigenvalue weighted by atomic mass is 16.5. The maximum Gasteiger partial charge on any atom is 0.326 e. The number of carbonyl (C=O) groups excluding carboxylic acids is 1. The van der Waals surface area contributed by atoms with Crippen molar-refractivity contribution in [2.45, 2.75) is 25.3 Å². The molecular weight excluding hydrogens is 286 g/mol. The number of carbonyl (C=O) groups is 2. The molecule has 1 unspecified atom stereocenters. The van der Waals surface area contributed by atoms with E-state index in [0.29, 0.717) is 36.9 Å². The summed E-state index contributed by atoms with van der Waals surface area (Å²) in [5.41, 5.74) is 0.386. The molecule has 6 heteroatoms. The molecule has 1 fully saturated rings. The summed E-state index contributed by atoms with van der Waals surface area (Å²) in [6.07, 6.45) is 2.58. The van der Waals surface area contributed by atoms with Crippen LogP contribution in [0.3, 0.4) is 0 Å². The first-order valence-corrected chi connectivity index (χ1v) is 7.35. The number of rotatable bonds is 9. The Morgan fingerprint density at radius 1 is 1.36 bits per heavy atom. The van der Waals surface area contributed by atoms with Crippen molar-refractivity contribution in [3.05, 3.63) is 29.8 Å². The summed E-state index contributed by atoms with van der Waals surface area (Å²) >= 11 is 0. The fraction of sp³-hybridized carbons (Fsp3) is 0.500. The van der Waals surface area contributed by atoms with Gasteiger partial charge in [-0.3, -0.25) is 4.79 Å². The molecule has 0 aliphatic heterocycles. The lowest BCUT2D eigenvalue weighted by molar-refractivity contribution is -0.139. The summed E-state index contributed by atoms with van der Waals surface area (Å²) in [5, 5.41) is 11.8. The zero-order chi connectivity index (χ0) is 15.9. The van der Waals surface area contributed by atoms with Gasteiger partial charge in [-0.15, -0.1) is 0 Å². The Kier molecular flexibility index (Phi) is 5.77. The van der Waals surface area contributed by atoms with Crippen molar-refractivity contribution >= 4 is 11.9 Å². The van der Waals surface area contributed by atoms with Gasteiger partial charge in [0.05, 0.1) is 6.61 Å². The standard InChI is InChI=1S/C16H21NO5/c1-21-7-8-22-13-4-2-3-12(10-13)15(18)17-14(16(19)20)9-11-5-6-11/h2-4,10-11,14H,5-9H2,1H3,(H,17,18)(H,19,20). The SMILES string of the molecule is COCCOc1cccc(C(=O)NC(CC2CC2)C(=O)O)c1. The average molecular weight is 307 g/mol. The first kappa shape index (κ1) is 16.3. The molecule has 0 saturated heterocycles. The van der Waals surface area contributed by atoms with Crippen LogP contribution in [-0.4, -0.2) is 43.3 Å². The average Bonchev–Trinajstić information content (AvgIpc) is 3.31. The number of aliphatic carboxylic acids is 1. The third-order valence-electron chi connectivity index (χ3n) is 3.52. The quantitative estimate of drug-likeness (QED) is 0.678. The van der Waals surface area contributed by atoms with Crippen LogP contribution < -0.4 is 10.1 Å². The van der Waals surface area contributed by atoms with Crippen LogP contribution in [0, 0.1) is 5.92 Å². The topological polar surface area (TPSA) is 84.9 Å². The van der Waals surface area contributed by atoms with Gasteiger partial charge in [-0.05, 0) is 30.5 Å². The number of ether oxygens (including phenoxy) is 2. The number of hydrogen-bond acceptors (Lipinski definition) is 4. The molecule has 1 atom stereocenters. The summed E-state index contributed by atoms with van der Waals surface area (Å²) in [7, 11) is 1.58. The van der Waals surface area contributed by atoms with Gasteiger partial charge in [0, 0.05) is 12.7 Å². The van der Waals surface area contributed by atoms with Crippen LogP contribution in [0.25, 0.3) is 0 Å². The molecule has 1 aromatic rings. The molecule has 1 aliphatic rings. The minimum absolute atomic E-state index is 0.386. The minimum Gasteiger partial charge on any atom is -0.491 e. The number of nitrogens with one attached hydrogen (secondary N) is 1. The van der Waals surface area contributed by atoms with Crippen LogP contribution in [0.15, 0.2) is 24.3 Å². The van der Waals surface area contributed by atoms with Crippen LogP contribution in [-0.2, 0) is 9.53 Å². The molecule has 22 heavy (non-hydrogen) atoms. The van der Waals surface area contributed by atoms with Crippen molar-refractivity contribution in [1.82, 2.24) is 5.32 Å². The smallest absolute Gasteiger partial charge is 0.326 e. The monoisotopic (exact) mass is 307 g/mol. The predicted octanol–water partition coefficient (Wildman–Crippen LogP) is 1.69. The van der Waals surface area contributed by atoms with Crippen molar-refractivity contribution in [2.75, 3.05) is 20.3 Å². The van der Waals surface area contributed by atoms with E-state index in [-0.39, 0.29) is 0 Å². The van der Waals surface area contributed by atoms with Crippen molar-refractivity contribution in [3.63, 3.8) is 0 Å². The Morgan fingerprint density at radius 3 is 2.77 bits per heavy atom. The summed E-state index contributed by atoms with van der Waals surface area (Å²) in [6, 6.07) is 5.84. The van der Waals surface area contributed by atoms with E-state index in [0.717, 1.165) is 12.8 Å². The van der Waals surface area contributed by atoms with Gasteiger partial charge >= 0.3 is 5.97 Å². The van der Waals surface area contributed by atoms with E-state index < -0.39 is 17.9 Å². The van der Waals surface area contributed by atoms with Gasteiger partial charge in [-0.2, -0.15) is 0 Å². The minimum atomic E-state index is -0.993. The molecule has 2 rings (SSSR count). The molecule has 1 aliphatic carbocycles. The number of carboxylic acid groups (broad SMARTS) is 1. The molecule has 1 saturated carbocycles. The molecule has 0 heterocycles. The van der Waals surface area contributed by atoms with E-state index in [1.54, 1.807) is 31.4 Å². The van der Waals surface area contributed by atoms with Crippen LogP contribution in [0.2, 0.25) is 0 Å². The Morgan fingerprint density at radius 2 is 2.14 bits per heavy atom. The Labute approximate surface area is 129 Å². The number of methoxy groups -OCH3 is 1. The highest BCUT2D eigenvalue weighted by Gasteiger charge is 2.30. The second-order valence-corrected chi connectivity index (χ2v) is 5.41. The van der Waals surface area contributed by atoms with Gasteiger partial charge in [0.15, 0.2) is 0 Å². The van der Waals surface area contributed by atoms with Crippen LogP contribution >= 0.6 is 0 Å². The molecular formula is C16H21NO5. The largest absolute Gasteiger partial charge is 0.491 e. The van der Waals surface area contributed by atoms with Crippen molar-refractivity contribution in [1.29, 1.82) is 0 Å². The normalized spacial score (nSPS) is 15.1. The van der Waals surface area contributed by atoms with Crippen LogP contribution in [0.1, 0.15) is 29.6 Å². The van der Waals surface area contributed by atoms with E-state index in [1.165, 1.54) is 0 Å². The lowest BCUT2D eigenvalue weighted by Gasteiger charge is -2.14. The van der Waals surface area contributed by atoms with Crippen LogP contribution in [0.4, 0.5) is 0 Å². The molecule has 0 spiro atoms. The first-order chi connectivity index (χ1) is 10.6. The highest BCUT2D eigenvalue weighted by molar-refractivity contribution is 5.96. The molecule has 0 aromatic heterocycles. The second kappa shape index (κ2) is 7.79. The molecule has 120 valence electrons. The van der Waals surface area contributed by atoms with Crippen LogP contribution in [0.5, 0.6) is 5.75 Å². The Balaban J connectivity index is 1.95. The zero-order valence-electron chi connectivity index (χ0n) is 12.6. The first-order valence-electron chi connectivity index (χ1n) is 7.35. The molecule has 2 N–H and O–H groups in total. The lowest BCUT2D eigenvalue weighted by atomic mass is 10.1. The van der Waals surface area contributed by atoms with Crippen molar-refractivity contribution in [2.24, 2.45) is 5.92 Å². The zero-order valence-corrected chi connectivity index (χ0v) is 12.6. The third-order valence-corrected chi connectivity index (χ3v) is 3.52. The Hall–Kier alpha value is -2.08. The van der Waals surface area contributed by atoms with Crippen molar-refractivity contribution < 1.29 is 24.2 Å². The van der Waals surface area contributed by atoms with Gasteiger partial charge in [0.1, 0.15) is 18.4 Å². The highest BCUT2D eigenvalue weighted by Crippen LogP contribution is 2.33. The van der Waals surface area contributed by atoms with Gasteiger partial charge in [-0.25, -0.2) is 4.79 Å². The Bertz CT molecular complexity index is 527. The number of benzene rings is 1. The van der Waals surface area contributed by atoms with E-state index in [4.69, 9.17) is 9.47 Å². The van der Waals surface area contributed by atoms with Gasteiger partial charge < -0.3 is 19.9 Å². The molecule has 0 bridgehead atoms. The van der Waals surface area contributed by atoms with Gasteiger partial charge in [-0.1, -0.05) is 18.9 Å². The van der Waals surface area contributed by atoms with E-state index in [9.17, 15) is 14.7 Å². The maximum absolute atomic E-state index is 12.2. The summed E-state index contributed by atoms with van der Waals surface area (Å²) in [5.74, 6) is -0.415. The molecule has 6 nitrogen and oxygen atoms in total. The van der Waals surface area contributed by atoms with E-state index >= 15 is 0 Å². The van der Waals surface area contributed by atoms with Crippen molar-refractivity contribution in [3.8, 4) is 5.75 Å². The van der Waals surface area contributed by atoms with E-state index in [1.807, 2.05) is 0 Å². The summed E-state index contributed by atoms with van der Waals surface area (Å²) < 4.78 is 10.3. The van der Waals surface area contributed by atoms with Gasteiger partial charge in [0.2, 0.25) is 0 Å². The summed E-state index contributed by atoms with van der Waals surface area (Å²) in [6.45, 7) is 0.847. The number of hydrogen-bond donors (Lipinski definition) is 2. The third kappa shape index (κ3) is 5.04. The number of carboxylic acids is 1. The predicted molar refractivity (Wildman–Crippen MR) is 80.0 cm³/mol.